The minimum atomic E-state index is -5.96. The molecule has 134 valence electrons. The third-order valence-corrected chi connectivity index (χ3v) is 4.50. The second-order valence-electron chi connectivity index (χ2n) is 5.54. The molecule has 1 rings (SSSR count). The molecule has 0 aliphatic heterocycles. The van der Waals surface area contributed by atoms with Crippen molar-refractivity contribution in [2.24, 2.45) is 0 Å². The zero-order valence-corrected chi connectivity index (χ0v) is 13.5. The molecule has 1 fully saturated rings. The standard InChI is InChI=1S/C13H20F2O7S/c1-2-6-12(7-4-3-5-8-12)22-10(16)9-21-11(17)13(14,15)23(18,19)20/h2-9H2,1H3,(H,18,19,20). The Morgan fingerprint density at radius 3 is 2.26 bits per heavy atom. The van der Waals surface area contributed by atoms with E-state index in [0.717, 1.165) is 25.7 Å². The molecule has 0 bridgehead atoms. The Hall–Kier alpha value is -1.29. The fourth-order valence-corrected chi connectivity index (χ4v) is 2.91. The number of alkyl halides is 2. The first-order valence-corrected chi connectivity index (χ1v) is 8.72. The van der Waals surface area contributed by atoms with Crippen LogP contribution in [0.2, 0.25) is 0 Å². The summed E-state index contributed by atoms with van der Waals surface area (Å²) in [5.74, 6) is -3.55. The number of ether oxygens (including phenoxy) is 2. The average Bonchev–Trinajstić information content (AvgIpc) is 2.44. The number of rotatable bonds is 7. The first-order valence-electron chi connectivity index (χ1n) is 7.28. The van der Waals surface area contributed by atoms with Crippen molar-refractivity contribution in [2.45, 2.75) is 62.7 Å². The highest BCUT2D eigenvalue weighted by Crippen LogP contribution is 2.35. The van der Waals surface area contributed by atoms with Gasteiger partial charge in [0.15, 0.2) is 6.61 Å². The number of hydrogen-bond acceptors (Lipinski definition) is 6. The summed E-state index contributed by atoms with van der Waals surface area (Å²) in [5.41, 5.74) is -0.692. The average molecular weight is 358 g/mol. The van der Waals surface area contributed by atoms with E-state index in [1.54, 1.807) is 0 Å². The van der Waals surface area contributed by atoms with E-state index in [9.17, 15) is 26.8 Å². The van der Waals surface area contributed by atoms with E-state index < -0.39 is 39.5 Å². The molecule has 0 aromatic heterocycles. The summed E-state index contributed by atoms with van der Waals surface area (Å²) < 4.78 is 64.2. The summed E-state index contributed by atoms with van der Waals surface area (Å²) in [7, 11) is -5.96. The molecule has 0 unspecified atom stereocenters. The van der Waals surface area contributed by atoms with Crippen molar-refractivity contribution >= 4 is 22.1 Å². The number of carbonyl (C=O) groups is 2. The van der Waals surface area contributed by atoms with Crippen LogP contribution in [-0.2, 0) is 29.2 Å². The number of hydrogen-bond donors (Lipinski definition) is 1. The zero-order valence-electron chi connectivity index (χ0n) is 12.7. The van der Waals surface area contributed by atoms with Crippen LogP contribution in [0.4, 0.5) is 8.78 Å². The lowest BCUT2D eigenvalue weighted by molar-refractivity contribution is -0.179. The SMILES string of the molecule is CCCC1(OC(=O)COC(=O)C(F)(F)S(=O)(=O)O)CCCCC1. The third-order valence-electron chi connectivity index (χ3n) is 3.68. The molecule has 0 atom stereocenters. The van der Waals surface area contributed by atoms with Crippen LogP contribution >= 0.6 is 0 Å². The predicted octanol–water partition coefficient (Wildman–Crippen LogP) is 2.06. The predicted molar refractivity (Wildman–Crippen MR) is 74.3 cm³/mol. The van der Waals surface area contributed by atoms with Gasteiger partial charge in [0.1, 0.15) is 5.60 Å². The van der Waals surface area contributed by atoms with E-state index in [4.69, 9.17) is 9.29 Å². The van der Waals surface area contributed by atoms with Crippen molar-refractivity contribution in [2.75, 3.05) is 6.61 Å². The van der Waals surface area contributed by atoms with Gasteiger partial charge in [-0.3, -0.25) is 4.55 Å². The second kappa shape index (κ2) is 7.52. The van der Waals surface area contributed by atoms with Crippen molar-refractivity contribution in [3.05, 3.63) is 0 Å². The molecule has 0 saturated heterocycles. The Bertz CT molecular complexity index is 533. The van der Waals surface area contributed by atoms with E-state index in [0.29, 0.717) is 19.3 Å². The maximum absolute atomic E-state index is 13.0. The van der Waals surface area contributed by atoms with Crippen LogP contribution in [0.5, 0.6) is 0 Å². The van der Waals surface area contributed by atoms with Gasteiger partial charge < -0.3 is 9.47 Å². The molecule has 23 heavy (non-hydrogen) atoms. The molecule has 0 aromatic rings. The maximum atomic E-state index is 13.0. The van der Waals surface area contributed by atoms with Crippen molar-refractivity contribution in [3.8, 4) is 0 Å². The largest absolute Gasteiger partial charge is 0.465 e. The van der Waals surface area contributed by atoms with Crippen LogP contribution in [0.25, 0.3) is 0 Å². The topological polar surface area (TPSA) is 107 Å². The molecule has 1 aliphatic rings. The van der Waals surface area contributed by atoms with Gasteiger partial charge in [0.2, 0.25) is 0 Å². The van der Waals surface area contributed by atoms with E-state index in [1.807, 2.05) is 6.92 Å². The summed E-state index contributed by atoms with van der Waals surface area (Å²) >= 11 is 0. The van der Waals surface area contributed by atoms with E-state index in [2.05, 4.69) is 4.74 Å². The van der Waals surface area contributed by atoms with Crippen molar-refractivity contribution < 1.29 is 40.8 Å². The van der Waals surface area contributed by atoms with Gasteiger partial charge in [-0.15, -0.1) is 0 Å². The van der Waals surface area contributed by atoms with E-state index in [1.165, 1.54) is 0 Å². The summed E-state index contributed by atoms with van der Waals surface area (Å²) in [5, 5.41) is -5.13. The van der Waals surface area contributed by atoms with Gasteiger partial charge in [0, 0.05) is 0 Å². The number of carbonyl (C=O) groups excluding carboxylic acids is 2. The maximum Gasteiger partial charge on any atom is 0.465 e. The van der Waals surface area contributed by atoms with Gasteiger partial charge in [-0.1, -0.05) is 19.8 Å². The summed E-state index contributed by atoms with van der Waals surface area (Å²) in [6.45, 7) is 0.770. The van der Waals surface area contributed by atoms with Crippen molar-refractivity contribution in [1.29, 1.82) is 0 Å². The Kier molecular flexibility index (Phi) is 6.46. The third kappa shape index (κ3) is 5.10. The molecule has 7 nitrogen and oxygen atoms in total. The Labute approximate surface area is 133 Å². The molecule has 0 aromatic carbocycles. The van der Waals surface area contributed by atoms with Crippen molar-refractivity contribution in [1.82, 2.24) is 0 Å². The molecule has 10 heteroatoms. The van der Waals surface area contributed by atoms with Gasteiger partial charge in [-0.2, -0.15) is 17.2 Å². The summed E-state index contributed by atoms with van der Waals surface area (Å²) in [4.78, 5) is 22.7. The van der Waals surface area contributed by atoms with Crippen LogP contribution in [0.1, 0.15) is 51.9 Å². The fourth-order valence-electron chi connectivity index (χ4n) is 2.64. The fraction of sp³-hybridized carbons (Fsp3) is 0.846. The summed E-state index contributed by atoms with van der Waals surface area (Å²) in [6, 6.07) is 0. The lowest BCUT2D eigenvalue weighted by Crippen LogP contribution is -2.41. The highest BCUT2D eigenvalue weighted by molar-refractivity contribution is 7.87. The first-order chi connectivity index (χ1) is 10.5. The first kappa shape index (κ1) is 19.8. The van der Waals surface area contributed by atoms with E-state index in [-0.39, 0.29) is 0 Å². The molecule has 0 heterocycles. The minimum Gasteiger partial charge on any atom is -0.457 e. The van der Waals surface area contributed by atoms with Crippen LogP contribution in [0.3, 0.4) is 0 Å². The van der Waals surface area contributed by atoms with Crippen molar-refractivity contribution in [3.63, 3.8) is 0 Å². The normalized spacial score (nSPS) is 18.3. The van der Waals surface area contributed by atoms with Gasteiger partial charge in [-0.05, 0) is 32.1 Å². The molecular formula is C13H20F2O7S. The lowest BCUT2D eigenvalue weighted by atomic mass is 9.81. The zero-order chi connectivity index (χ0) is 17.7. The molecule has 1 saturated carbocycles. The summed E-state index contributed by atoms with van der Waals surface area (Å²) in [6.07, 6.45) is 5.39. The van der Waals surface area contributed by atoms with Crippen LogP contribution in [-0.4, -0.2) is 42.4 Å². The second-order valence-corrected chi connectivity index (χ2v) is 7.00. The Balaban J connectivity index is 2.61. The molecule has 1 aliphatic carbocycles. The Morgan fingerprint density at radius 1 is 1.22 bits per heavy atom. The van der Waals surface area contributed by atoms with E-state index >= 15 is 0 Å². The highest BCUT2D eigenvalue weighted by Gasteiger charge is 2.54. The lowest BCUT2D eigenvalue weighted by Gasteiger charge is -2.36. The minimum absolute atomic E-state index is 0.605. The number of halogens is 2. The monoisotopic (exact) mass is 358 g/mol. The number of esters is 2. The molecule has 1 N–H and O–H groups in total. The van der Waals surface area contributed by atoms with Gasteiger partial charge in [0.05, 0.1) is 0 Å². The smallest absolute Gasteiger partial charge is 0.457 e. The molecule has 0 radical (unpaired) electrons. The van der Waals surface area contributed by atoms with Gasteiger partial charge in [-0.25, -0.2) is 9.59 Å². The van der Waals surface area contributed by atoms with Crippen LogP contribution in [0, 0.1) is 0 Å². The van der Waals surface area contributed by atoms with Gasteiger partial charge >= 0.3 is 27.3 Å². The quantitative estimate of drug-likeness (QED) is 0.548. The van der Waals surface area contributed by atoms with Crippen LogP contribution in [0.15, 0.2) is 0 Å². The van der Waals surface area contributed by atoms with Crippen LogP contribution < -0.4 is 0 Å². The Morgan fingerprint density at radius 2 is 1.78 bits per heavy atom. The highest BCUT2D eigenvalue weighted by atomic mass is 32.2. The molecular weight excluding hydrogens is 338 g/mol. The molecule has 0 amide bonds. The van der Waals surface area contributed by atoms with Gasteiger partial charge in [0.25, 0.3) is 0 Å². The molecule has 0 spiro atoms.